The summed E-state index contributed by atoms with van der Waals surface area (Å²) in [6, 6.07) is 10.2. The molecular weight excluding hydrogens is 419 g/mol. The molecule has 9 heteroatoms. The molecule has 0 spiro atoms. The molecule has 4 rings (SSSR count). The topological polar surface area (TPSA) is 85.6 Å². The third-order valence-corrected chi connectivity index (χ3v) is 5.75. The molecule has 0 aliphatic rings. The van der Waals surface area contributed by atoms with E-state index in [-0.39, 0.29) is 23.5 Å². The van der Waals surface area contributed by atoms with Crippen LogP contribution in [0.25, 0.3) is 16.9 Å². The number of aryl methyl sites for hydroxylation is 1. The van der Waals surface area contributed by atoms with Crippen molar-refractivity contribution < 1.29 is 18.7 Å². The number of aromatic nitrogens is 3. The lowest BCUT2D eigenvalue weighted by Gasteiger charge is -2.10. The van der Waals surface area contributed by atoms with Crippen molar-refractivity contribution in [3.05, 3.63) is 69.9 Å². The Balaban J connectivity index is 1.73. The monoisotopic (exact) mass is 438 g/mol. The average Bonchev–Trinajstić information content (AvgIpc) is 3.42. The number of nitrogens with zero attached hydrogens (tertiary/aromatic N) is 3. The molecule has 0 aliphatic heterocycles. The van der Waals surface area contributed by atoms with Crippen LogP contribution >= 0.6 is 11.3 Å². The molecule has 0 atom stereocenters. The first-order valence-electron chi connectivity index (χ1n) is 9.59. The van der Waals surface area contributed by atoms with Gasteiger partial charge < -0.3 is 10.1 Å². The van der Waals surface area contributed by atoms with Crippen molar-refractivity contribution in [1.29, 1.82) is 0 Å². The number of carbonyl (C=O) groups excluding carboxylic acids is 2. The largest absolute Gasteiger partial charge is 0.469 e. The molecule has 1 N–H and O–H groups in total. The number of esters is 1. The molecule has 1 amide bonds. The zero-order valence-electron chi connectivity index (χ0n) is 16.9. The predicted octanol–water partition coefficient (Wildman–Crippen LogP) is 4.13. The van der Waals surface area contributed by atoms with Gasteiger partial charge in [0.1, 0.15) is 5.82 Å². The van der Waals surface area contributed by atoms with Crippen molar-refractivity contribution in [3.63, 3.8) is 0 Å². The van der Waals surface area contributed by atoms with Crippen LogP contribution in [0.3, 0.4) is 0 Å². The Kier molecular flexibility index (Phi) is 5.77. The van der Waals surface area contributed by atoms with Gasteiger partial charge in [-0.3, -0.25) is 9.59 Å². The number of ether oxygens (including phenoxy) is 1. The van der Waals surface area contributed by atoms with Crippen molar-refractivity contribution >= 4 is 34.4 Å². The van der Waals surface area contributed by atoms with Crippen LogP contribution in [0.2, 0.25) is 0 Å². The number of hydrogen-bond acceptors (Lipinski definition) is 6. The van der Waals surface area contributed by atoms with Gasteiger partial charge >= 0.3 is 5.97 Å². The molecule has 1 aromatic carbocycles. The number of fused-ring (bicyclic) bond motifs is 1. The van der Waals surface area contributed by atoms with Crippen LogP contribution < -0.4 is 5.32 Å². The lowest BCUT2D eigenvalue weighted by Crippen LogP contribution is -2.17. The van der Waals surface area contributed by atoms with Crippen molar-refractivity contribution in [2.24, 2.45) is 0 Å². The summed E-state index contributed by atoms with van der Waals surface area (Å²) in [4.78, 5) is 29.8. The van der Waals surface area contributed by atoms with Gasteiger partial charge in [-0.2, -0.15) is 0 Å². The van der Waals surface area contributed by atoms with Gasteiger partial charge in [0, 0.05) is 11.1 Å². The van der Waals surface area contributed by atoms with Crippen LogP contribution in [0.1, 0.15) is 27.9 Å². The molecule has 0 aliphatic carbocycles. The van der Waals surface area contributed by atoms with Crippen LogP contribution in [0.5, 0.6) is 0 Å². The normalized spacial score (nSPS) is 10.9. The molecule has 0 radical (unpaired) electrons. The Labute approximate surface area is 181 Å². The molecule has 31 heavy (non-hydrogen) atoms. The maximum absolute atomic E-state index is 14.9. The SMILES string of the molecule is CCc1cccc(-c2nc(C(=O)Nc3ccsc3CC(=O)OC)c3cccn3n2)c1F. The quantitative estimate of drug-likeness (QED) is 0.458. The van der Waals surface area contributed by atoms with Gasteiger partial charge in [0.05, 0.1) is 30.3 Å². The Morgan fingerprint density at radius 1 is 1.23 bits per heavy atom. The third-order valence-electron chi connectivity index (χ3n) is 4.83. The number of halogens is 1. The van der Waals surface area contributed by atoms with Crippen molar-refractivity contribution in [1.82, 2.24) is 14.6 Å². The first kappa shape index (κ1) is 20.7. The zero-order valence-corrected chi connectivity index (χ0v) is 17.7. The zero-order chi connectivity index (χ0) is 22.0. The fourth-order valence-electron chi connectivity index (χ4n) is 3.21. The fraction of sp³-hybridized carbons (Fsp3) is 0.182. The summed E-state index contributed by atoms with van der Waals surface area (Å²) in [5, 5.41) is 8.95. The number of carbonyl (C=O) groups is 2. The maximum Gasteiger partial charge on any atom is 0.310 e. The van der Waals surface area contributed by atoms with Gasteiger partial charge in [-0.1, -0.05) is 19.1 Å². The molecule has 4 aromatic rings. The number of methoxy groups -OCH3 is 1. The molecule has 3 heterocycles. The van der Waals surface area contributed by atoms with Gasteiger partial charge in [-0.25, -0.2) is 13.9 Å². The lowest BCUT2D eigenvalue weighted by molar-refractivity contribution is -0.139. The summed E-state index contributed by atoms with van der Waals surface area (Å²) < 4.78 is 21.1. The standard InChI is InChI=1S/C22H19FN4O3S/c1-3-13-6-4-7-14(19(13)23)21-25-20(16-8-5-10-27(16)26-21)22(29)24-15-9-11-31-17(15)12-18(28)30-2/h4-11H,3,12H2,1-2H3,(H,24,29). The molecule has 158 valence electrons. The maximum atomic E-state index is 14.9. The van der Waals surface area contributed by atoms with Crippen LogP contribution in [-0.4, -0.2) is 33.6 Å². The number of thiophene rings is 1. The minimum absolute atomic E-state index is 0.0500. The van der Waals surface area contributed by atoms with Crippen molar-refractivity contribution in [2.45, 2.75) is 19.8 Å². The van der Waals surface area contributed by atoms with E-state index in [0.29, 0.717) is 28.1 Å². The highest BCUT2D eigenvalue weighted by molar-refractivity contribution is 7.10. The minimum atomic E-state index is -0.482. The first-order valence-corrected chi connectivity index (χ1v) is 10.5. The second-order valence-corrected chi connectivity index (χ2v) is 7.72. The van der Waals surface area contributed by atoms with Gasteiger partial charge in [0.2, 0.25) is 0 Å². The predicted molar refractivity (Wildman–Crippen MR) is 116 cm³/mol. The first-order chi connectivity index (χ1) is 15.0. The molecule has 0 saturated carbocycles. The lowest BCUT2D eigenvalue weighted by atomic mass is 10.1. The summed E-state index contributed by atoms with van der Waals surface area (Å²) in [5.41, 5.74) is 1.87. The summed E-state index contributed by atoms with van der Waals surface area (Å²) >= 11 is 1.34. The van der Waals surface area contributed by atoms with Gasteiger partial charge in [-0.15, -0.1) is 16.4 Å². The molecule has 0 saturated heterocycles. The van der Waals surface area contributed by atoms with Crippen LogP contribution in [0, 0.1) is 5.82 Å². The number of benzene rings is 1. The van der Waals surface area contributed by atoms with Crippen LogP contribution in [-0.2, 0) is 22.4 Å². The van der Waals surface area contributed by atoms with Crippen LogP contribution in [0.15, 0.2) is 48.0 Å². The third kappa shape index (κ3) is 4.04. The van der Waals surface area contributed by atoms with E-state index in [1.165, 1.54) is 23.0 Å². The van der Waals surface area contributed by atoms with E-state index in [4.69, 9.17) is 4.74 Å². The number of hydrogen-bond donors (Lipinski definition) is 1. The van der Waals surface area contributed by atoms with E-state index in [9.17, 15) is 14.0 Å². The van der Waals surface area contributed by atoms with Gasteiger partial charge in [0.15, 0.2) is 11.5 Å². The summed E-state index contributed by atoms with van der Waals surface area (Å²) in [7, 11) is 1.31. The minimum Gasteiger partial charge on any atom is -0.469 e. The van der Waals surface area contributed by atoms with E-state index in [1.807, 2.05) is 6.92 Å². The highest BCUT2D eigenvalue weighted by Gasteiger charge is 2.20. The molecule has 7 nitrogen and oxygen atoms in total. The average molecular weight is 438 g/mol. The summed E-state index contributed by atoms with van der Waals surface area (Å²) in [5.74, 6) is -1.17. The highest BCUT2D eigenvalue weighted by Crippen LogP contribution is 2.26. The van der Waals surface area contributed by atoms with Crippen molar-refractivity contribution in [2.75, 3.05) is 12.4 Å². The molecule has 0 bridgehead atoms. The van der Waals surface area contributed by atoms with E-state index >= 15 is 0 Å². The van der Waals surface area contributed by atoms with E-state index < -0.39 is 17.7 Å². The molecule has 0 fully saturated rings. The van der Waals surface area contributed by atoms with E-state index in [0.717, 1.165) is 0 Å². The van der Waals surface area contributed by atoms with E-state index in [1.54, 1.807) is 48.0 Å². The number of anilines is 1. The van der Waals surface area contributed by atoms with E-state index in [2.05, 4.69) is 15.4 Å². The molecule has 3 aromatic heterocycles. The summed E-state index contributed by atoms with van der Waals surface area (Å²) in [6.07, 6.45) is 2.25. The number of nitrogens with one attached hydrogen (secondary N) is 1. The second-order valence-electron chi connectivity index (χ2n) is 6.72. The smallest absolute Gasteiger partial charge is 0.310 e. The van der Waals surface area contributed by atoms with Crippen LogP contribution in [0.4, 0.5) is 10.1 Å². The molecule has 0 unspecified atom stereocenters. The Hall–Kier alpha value is -3.59. The second kappa shape index (κ2) is 8.65. The fourth-order valence-corrected chi connectivity index (χ4v) is 4.03. The molecular formula is C22H19FN4O3S. The van der Waals surface area contributed by atoms with Crippen molar-refractivity contribution in [3.8, 4) is 11.4 Å². The summed E-state index contributed by atoms with van der Waals surface area (Å²) in [6.45, 7) is 1.86. The number of amides is 1. The van der Waals surface area contributed by atoms with Gasteiger partial charge in [-0.05, 0) is 41.6 Å². The Morgan fingerprint density at radius 2 is 2.06 bits per heavy atom. The highest BCUT2D eigenvalue weighted by atomic mass is 32.1. The Bertz CT molecular complexity index is 1280. The van der Waals surface area contributed by atoms with Gasteiger partial charge in [0.25, 0.3) is 5.91 Å². The Morgan fingerprint density at radius 3 is 2.84 bits per heavy atom. The number of rotatable bonds is 6.